The smallest absolute Gasteiger partial charge is 0.334 e. The molecule has 0 saturated carbocycles. The predicted molar refractivity (Wildman–Crippen MR) is 83.2 cm³/mol. The third-order valence-corrected chi connectivity index (χ3v) is 3.68. The van der Waals surface area contributed by atoms with Crippen LogP contribution in [-0.2, 0) is 11.8 Å². The van der Waals surface area contributed by atoms with Crippen LogP contribution in [-0.4, -0.2) is 34.3 Å². The van der Waals surface area contributed by atoms with Gasteiger partial charge in [0.1, 0.15) is 11.4 Å². The van der Waals surface area contributed by atoms with E-state index in [9.17, 15) is 14.9 Å². The molecule has 0 atom stereocenters. The van der Waals surface area contributed by atoms with E-state index in [1.807, 2.05) is 0 Å². The van der Waals surface area contributed by atoms with E-state index in [0.29, 0.717) is 22.8 Å². The van der Waals surface area contributed by atoms with Crippen LogP contribution in [0.2, 0.25) is 0 Å². The second-order valence-corrected chi connectivity index (χ2v) is 5.21. The number of carbonyl (C=O) groups excluding carboxylic acids is 1. The van der Waals surface area contributed by atoms with Crippen LogP contribution in [0.5, 0.6) is 5.75 Å². The van der Waals surface area contributed by atoms with E-state index < -0.39 is 4.92 Å². The van der Waals surface area contributed by atoms with E-state index in [4.69, 9.17) is 4.74 Å². The second kappa shape index (κ2) is 5.27. The summed E-state index contributed by atoms with van der Waals surface area (Å²) in [7, 11) is 3.28. The maximum Gasteiger partial charge on any atom is 0.334 e. The number of rotatable bonds is 3. The fraction of sp³-hybridized carbons (Fsp3) is 0.286. The number of fused-ring (bicyclic) bond motifs is 1. The van der Waals surface area contributed by atoms with Crippen LogP contribution >= 0.6 is 0 Å². The number of hydrogen-bond acceptors (Lipinski definition) is 6. The van der Waals surface area contributed by atoms with Gasteiger partial charge in [0.25, 0.3) is 5.91 Å². The number of likely N-dealkylation sites (N-methyl/N-ethyl adjacent to an activating group) is 1. The van der Waals surface area contributed by atoms with Crippen molar-refractivity contribution >= 4 is 28.8 Å². The summed E-state index contributed by atoms with van der Waals surface area (Å²) in [5, 5.41) is 18.3. The molecule has 0 fully saturated rings. The lowest BCUT2D eigenvalue weighted by Gasteiger charge is -2.26. The molecule has 1 amide bonds. The van der Waals surface area contributed by atoms with Gasteiger partial charge in [-0.3, -0.25) is 14.9 Å². The lowest BCUT2D eigenvalue weighted by Crippen LogP contribution is -2.35. The van der Waals surface area contributed by atoms with Crippen molar-refractivity contribution in [1.29, 1.82) is 0 Å². The minimum absolute atomic E-state index is 0.00265. The van der Waals surface area contributed by atoms with Crippen molar-refractivity contribution in [2.75, 3.05) is 23.9 Å². The zero-order chi connectivity index (χ0) is 16.7. The Bertz CT molecular complexity index is 814. The standard InChI is InChI=1S/C14H15N5O4/c1-8-13(19(21)22)14(18(3)16-8)15-9-4-5-11-10(6-9)17(2)12(20)7-23-11/h4-6,15H,7H2,1-3H3. The molecule has 1 aromatic heterocycles. The lowest BCUT2D eigenvalue weighted by atomic mass is 10.2. The third-order valence-electron chi connectivity index (χ3n) is 3.68. The molecule has 9 nitrogen and oxygen atoms in total. The van der Waals surface area contributed by atoms with Gasteiger partial charge in [0.05, 0.1) is 10.6 Å². The SMILES string of the molecule is Cc1nn(C)c(Nc2ccc3c(c2)N(C)C(=O)CO3)c1[N+](=O)[O-]. The number of nitro groups is 1. The summed E-state index contributed by atoms with van der Waals surface area (Å²) in [6.45, 7) is 1.58. The highest BCUT2D eigenvalue weighted by Crippen LogP contribution is 2.36. The molecule has 1 N–H and O–H groups in total. The van der Waals surface area contributed by atoms with Crippen LogP contribution in [0.3, 0.4) is 0 Å². The number of nitrogens with one attached hydrogen (secondary N) is 1. The molecule has 0 spiro atoms. The van der Waals surface area contributed by atoms with Crippen LogP contribution in [0.1, 0.15) is 5.69 Å². The first-order valence-corrected chi connectivity index (χ1v) is 6.87. The Kier molecular flexibility index (Phi) is 3.40. The van der Waals surface area contributed by atoms with E-state index in [-0.39, 0.29) is 24.0 Å². The van der Waals surface area contributed by atoms with Gasteiger partial charge < -0.3 is 15.0 Å². The molecule has 2 aromatic rings. The molecule has 0 unspecified atom stereocenters. The highest BCUT2D eigenvalue weighted by Gasteiger charge is 2.26. The van der Waals surface area contributed by atoms with Gasteiger partial charge >= 0.3 is 5.69 Å². The number of anilines is 3. The van der Waals surface area contributed by atoms with Crippen LogP contribution < -0.4 is 15.0 Å². The molecule has 1 aliphatic rings. The number of amides is 1. The number of carbonyl (C=O) groups is 1. The van der Waals surface area contributed by atoms with Gasteiger partial charge in [0, 0.05) is 19.8 Å². The largest absolute Gasteiger partial charge is 0.482 e. The van der Waals surface area contributed by atoms with Crippen molar-refractivity contribution in [2.24, 2.45) is 7.05 Å². The summed E-state index contributed by atoms with van der Waals surface area (Å²) < 4.78 is 6.77. The number of ether oxygens (including phenoxy) is 1. The quantitative estimate of drug-likeness (QED) is 0.683. The fourth-order valence-electron chi connectivity index (χ4n) is 2.49. The number of hydrogen-bond donors (Lipinski definition) is 1. The van der Waals surface area contributed by atoms with Crippen molar-refractivity contribution in [2.45, 2.75) is 6.92 Å². The Labute approximate surface area is 131 Å². The Hall–Kier alpha value is -3.10. The molecule has 1 aromatic carbocycles. The molecule has 1 aliphatic heterocycles. The molecule has 23 heavy (non-hydrogen) atoms. The number of aryl methyl sites for hydroxylation is 2. The topological polar surface area (TPSA) is 103 Å². The van der Waals surface area contributed by atoms with Gasteiger partial charge in [-0.1, -0.05) is 0 Å². The molecule has 2 heterocycles. The van der Waals surface area contributed by atoms with Crippen LogP contribution in [0.15, 0.2) is 18.2 Å². The minimum Gasteiger partial charge on any atom is -0.482 e. The maximum atomic E-state index is 11.7. The third kappa shape index (κ3) is 2.45. The van der Waals surface area contributed by atoms with Gasteiger partial charge in [-0.2, -0.15) is 5.10 Å². The molecule has 0 saturated heterocycles. The molecule has 120 valence electrons. The summed E-state index contributed by atoms with van der Waals surface area (Å²) in [6, 6.07) is 5.16. The first-order chi connectivity index (χ1) is 10.9. The van der Waals surface area contributed by atoms with Gasteiger partial charge in [-0.05, 0) is 25.1 Å². The molecule has 3 rings (SSSR count). The van der Waals surface area contributed by atoms with Crippen LogP contribution in [0, 0.1) is 17.0 Å². The van der Waals surface area contributed by atoms with E-state index in [1.54, 1.807) is 39.2 Å². The van der Waals surface area contributed by atoms with E-state index in [0.717, 1.165) is 0 Å². The average Bonchev–Trinajstić information content (AvgIpc) is 2.77. The molecule has 0 radical (unpaired) electrons. The number of benzene rings is 1. The Morgan fingerprint density at radius 2 is 2.13 bits per heavy atom. The first kappa shape index (κ1) is 14.8. The van der Waals surface area contributed by atoms with Crippen molar-refractivity contribution in [1.82, 2.24) is 9.78 Å². The van der Waals surface area contributed by atoms with Crippen LogP contribution in [0.4, 0.5) is 22.9 Å². The highest BCUT2D eigenvalue weighted by molar-refractivity contribution is 5.98. The Morgan fingerprint density at radius 1 is 1.39 bits per heavy atom. The van der Waals surface area contributed by atoms with Gasteiger partial charge in [0.15, 0.2) is 6.61 Å². The van der Waals surface area contributed by atoms with Crippen molar-refractivity contribution in [3.63, 3.8) is 0 Å². The molecule has 0 bridgehead atoms. The fourth-order valence-corrected chi connectivity index (χ4v) is 2.49. The molecule has 9 heteroatoms. The summed E-state index contributed by atoms with van der Waals surface area (Å²) >= 11 is 0. The predicted octanol–water partition coefficient (Wildman–Crippen LogP) is 1.74. The van der Waals surface area contributed by atoms with E-state index >= 15 is 0 Å². The number of aromatic nitrogens is 2. The van der Waals surface area contributed by atoms with Crippen molar-refractivity contribution < 1.29 is 14.5 Å². The lowest BCUT2D eigenvalue weighted by molar-refractivity contribution is -0.384. The van der Waals surface area contributed by atoms with Crippen molar-refractivity contribution in [3.05, 3.63) is 34.0 Å². The van der Waals surface area contributed by atoms with E-state index in [1.165, 1.54) is 9.58 Å². The van der Waals surface area contributed by atoms with Crippen LogP contribution in [0.25, 0.3) is 0 Å². The zero-order valence-electron chi connectivity index (χ0n) is 12.9. The molecule has 0 aliphatic carbocycles. The maximum absolute atomic E-state index is 11.7. The van der Waals surface area contributed by atoms with Gasteiger partial charge in [0.2, 0.25) is 5.82 Å². The number of nitrogens with zero attached hydrogens (tertiary/aromatic N) is 4. The Morgan fingerprint density at radius 3 is 2.83 bits per heavy atom. The normalized spacial score (nSPS) is 13.5. The summed E-state index contributed by atoms with van der Waals surface area (Å²) in [4.78, 5) is 23.9. The van der Waals surface area contributed by atoms with Gasteiger partial charge in [-0.15, -0.1) is 0 Å². The summed E-state index contributed by atoms with van der Waals surface area (Å²) in [5.41, 5.74) is 1.45. The van der Waals surface area contributed by atoms with E-state index in [2.05, 4.69) is 10.4 Å². The van der Waals surface area contributed by atoms with Crippen molar-refractivity contribution in [3.8, 4) is 5.75 Å². The first-order valence-electron chi connectivity index (χ1n) is 6.87. The van der Waals surface area contributed by atoms with Gasteiger partial charge in [-0.25, -0.2) is 4.68 Å². The minimum atomic E-state index is -0.470. The average molecular weight is 317 g/mol. The molecular weight excluding hydrogens is 302 g/mol. The summed E-state index contributed by atoms with van der Waals surface area (Å²) in [6.07, 6.45) is 0. The Balaban J connectivity index is 1.99. The second-order valence-electron chi connectivity index (χ2n) is 5.21. The monoisotopic (exact) mass is 317 g/mol. The highest BCUT2D eigenvalue weighted by atomic mass is 16.6. The molecular formula is C14H15N5O4. The zero-order valence-corrected chi connectivity index (χ0v) is 12.9. The summed E-state index contributed by atoms with van der Waals surface area (Å²) in [5.74, 6) is 0.712.